The second-order valence-corrected chi connectivity index (χ2v) is 22.5. The van der Waals surface area contributed by atoms with Crippen molar-refractivity contribution < 1.29 is 57.5 Å². The Morgan fingerprint density at radius 3 is 0.825 bits per heavy atom. The first-order valence-electron chi connectivity index (χ1n) is 31.9. The molecular weight excluding hydrogens is 1010 g/mol. The fraction of sp³-hybridized carbons (Fsp3) is 0.697. The molecule has 0 N–H and O–H groups in total. The van der Waals surface area contributed by atoms with Gasteiger partial charge in [-0.2, -0.15) is 0 Å². The van der Waals surface area contributed by atoms with Crippen LogP contribution < -0.4 is 0 Å². The topological polar surface area (TPSA) is 180 Å². The maximum absolute atomic E-state index is 13.1. The highest BCUT2D eigenvalue weighted by Gasteiger charge is 2.41. The van der Waals surface area contributed by atoms with E-state index in [0.29, 0.717) is 35.8 Å². The molecule has 14 heteroatoms. The fourth-order valence-electron chi connectivity index (χ4n) is 10.5. The van der Waals surface area contributed by atoms with Gasteiger partial charge < -0.3 is 19.1 Å². The molecule has 2 aliphatic heterocycles. The Labute approximate surface area is 479 Å². The van der Waals surface area contributed by atoms with Crippen LogP contribution in [0.25, 0.3) is 0 Å². The molecule has 0 unspecified atom stereocenters. The van der Waals surface area contributed by atoms with Crippen LogP contribution in [0.15, 0.2) is 36.4 Å². The number of hydrogen-bond donors (Lipinski definition) is 0. The second-order valence-electron chi connectivity index (χ2n) is 22.5. The van der Waals surface area contributed by atoms with Crippen LogP contribution >= 0.6 is 0 Å². The second kappa shape index (κ2) is 41.6. The number of ether oxygens (including phenoxy) is 2. The van der Waals surface area contributed by atoms with E-state index in [9.17, 15) is 38.4 Å². The monoisotopic (exact) mass is 1110 g/mol. The van der Waals surface area contributed by atoms with Gasteiger partial charge in [0.1, 0.15) is 0 Å². The van der Waals surface area contributed by atoms with Crippen LogP contribution in [0.2, 0.25) is 0 Å². The molecule has 2 aromatic carbocycles. The molecule has 2 aliphatic rings. The zero-order valence-corrected chi connectivity index (χ0v) is 49.4. The molecule has 2 heterocycles. The van der Waals surface area contributed by atoms with Crippen molar-refractivity contribution in [1.29, 1.82) is 0 Å². The Morgan fingerprint density at radius 2 is 0.550 bits per heavy atom. The van der Waals surface area contributed by atoms with E-state index in [0.717, 1.165) is 89.9 Å². The summed E-state index contributed by atoms with van der Waals surface area (Å²) in [6.45, 7) is 4.96. The van der Waals surface area contributed by atoms with Crippen molar-refractivity contribution in [3.05, 3.63) is 69.8 Å². The number of rotatable bonds is 49. The number of esters is 2. The van der Waals surface area contributed by atoms with Gasteiger partial charge in [0.05, 0.1) is 46.6 Å². The van der Waals surface area contributed by atoms with Crippen LogP contribution in [0, 0.1) is 0 Å². The Hall–Kier alpha value is -5.40. The third-order valence-corrected chi connectivity index (χ3v) is 15.5. The number of amides is 4. The smallest absolute Gasteiger partial charge is 0.338 e. The first-order chi connectivity index (χ1) is 39.1. The van der Waals surface area contributed by atoms with Crippen LogP contribution in [-0.2, 0) is 28.7 Å². The lowest BCUT2D eigenvalue weighted by Crippen LogP contribution is -2.32. The number of nitrogens with zero attached hydrogens (tertiary/aromatic N) is 2. The van der Waals surface area contributed by atoms with Gasteiger partial charge in [-0.3, -0.25) is 19.2 Å². The number of imide groups is 2. The minimum atomic E-state index is -0.770. The Bertz CT molecular complexity index is 2040. The van der Waals surface area contributed by atoms with Crippen LogP contribution in [0.3, 0.4) is 0 Å². The predicted octanol–water partition coefficient (Wildman–Crippen LogP) is 17.2. The summed E-state index contributed by atoms with van der Waals surface area (Å²) in [5.74, 6) is -5.42. The summed E-state index contributed by atoms with van der Waals surface area (Å²) in [5, 5.41) is 1.00. The van der Waals surface area contributed by atoms with Crippen molar-refractivity contribution in [2.24, 2.45) is 0 Å². The Kier molecular flexibility index (Phi) is 34.9. The van der Waals surface area contributed by atoms with Crippen molar-refractivity contribution >= 4 is 47.5 Å². The summed E-state index contributed by atoms with van der Waals surface area (Å²) in [7, 11) is 0. The molecule has 0 aromatic heterocycles. The van der Waals surface area contributed by atoms with Gasteiger partial charge in [-0.25, -0.2) is 19.2 Å². The van der Waals surface area contributed by atoms with Gasteiger partial charge in [-0.1, -0.05) is 255 Å². The van der Waals surface area contributed by atoms with Crippen LogP contribution in [-0.4, -0.2) is 70.8 Å². The third-order valence-electron chi connectivity index (χ3n) is 15.5. The van der Waals surface area contributed by atoms with E-state index in [1.54, 1.807) is 0 Å². The number of carbonyl (C=O) groups excluding carboxylic acids is 8. The minimum Gasteiger partial charge on any atom is -0.462 e. The standard InChI is InChI=1S/C66H100N2O12/c1-3-5-7-9-11-13-15-17-19-21-23-27-31-35-39-43-59(69)79-67-61(71)55-47-45-53(51-57(55)63(67)73)65(75)77-49-41-37-33-29-25-26-30-34-38-42-50-78-66(76)54-46-48-56-58(52-54)64(74)68(62(56)72)80-60(70)44-40-36-32-28-24-22-20-18-16-14-12-10-8-6-4-2/h45-48,51-52H,3-44,49-50H2,1-2H3. The third kappa shape index (κ3) is 26.0. The average molecular weight is 1110 g/mol. The number of hydrogen-bond acceptors (Lipinski definition) is 12. The van der Waals surface area contributed by atoms with Crippen molar-refractivity contribution in [2.75, 3.05) is 13.2 Å². The number of carbonyl (C=O) groups is 8. The summed E-state index contributed by atoms with van der Waals surface area (Å²) < 4.78 is 10.9. The van der Waals surface area contributed by atoms with Crippen LogP contribution in [0.5, 0.6) is 0 Å². The molecule has 0 radical (unpaired) electrons. The average Bonchev–Trinajstić information content (AvgIpc) is 3.86. The molecule has 0 atom stereocenters. The lowest BCUT2D eigenvalue weighted by Gasteiger charge is -2.12. The first-order valence-corrected chi connectivity index (χ1v) is 31.9. The van der Waals surface area contributed by atoms with Gasteiger partial charge in [0.25, 0.3) is 23.6 Å². The van der Waals surface area contributed by atoms with Gasteiger partial charge in [0, 0.05) is 12.8 Å². The molecular formula is C66H100N2O12. The largest absolute Gasteiger partial charge is 0.462 e. The lowest BCUT2D eigenvalue weighted by molar-refractivity contribution is -0.169. The Balaban J connectivity index is 0.947. The summed E-state index contributed by atoms with van der Waals surface area (Å²) >= 11 is 0. The predicted molar refractivity (Wildman–Crippen MR) is 312 cm³/mol. The zero-order chi connectivity index (χ0) is 57.4. The highest BCUT2D eigenvalue weighted by atomic mass is 16.7. The van der Waals surface area contributed by atoms with Gasteiger partial charge in [0.15, 0.2) is 0 Å². The maximum Gasteiger partial charge on any atom is 0.338 e. The van der Waals surface area contributed by atoms with E-state index >= 15 is 0 Å². The van der Waals surface area contributed by atoms with E-state index in [1.807, 2.05) is 0 Å². The number of benzene rings is 2. The van der Waals surface area contributed by atoms with E-state index in [-0.39, 0.29) is 59.4 Å². The summed E-state index contributed by atoms with van der Waals surface area (Å²) in [5.41, 5.74) is 0.477. The van der Waals surface area contributed by atoms with E-state index in [1.165, 1.54) is 178 Å². The molecule has 0 saturated carbocycles. The van der Waals surface area contributed by atoms with Crippen molar-refractivity contribution in [3.8, 4) is 0 Å². The van der Waals surface area contributed by atoms with E-state index < -0.39 is 47.5 Å². The van der Waals surface area contributed by atoms with Crippen LogP contribution in [0.4, 0.5) is 0 Å². The molecule has 80 heavy (non-hydrogen) atoms. The van der Waals surface area contributed by atoms with Crippen molar-refractivity contribution in [1.82, 2.24) is 10.1 Å². The first kappa shape index (κ1) is 67.1. The molecule has 4 rings (SSSR count). The molecule has 0 bridgehead atoms. The molecule has 2 aromatic rings. The molecule has 446 valence electrons. The van der Waals surface area contributed by atoms with Crippen molar-refractivity contribution in [3.63, 3.8) is 0 Å². The maximum atomic E-state index is 13.1. The van der Waals surface area contributed by atoms with E-state index in [2.05, 4.69) is 13.8 Å². The molecule has 0 fully saturated rings. The molecule has 4 amide bonds. The highest BCUT2D eigenvalue weighted by Crippen LogP contribution is 2.28. The summed E-state index contributed by atoms with van der Waals surface area (Å²) in [4.78, 5) is 113. The fourth-order valence-corrected chi connectivity index (χ4v) is 10.5. The van der Waals surface area contributed by atoms with Gasteiger partial charge in [-0.05, 0) is 62.1 Å². The SMILES string of the molecule is CCCCCCCCCCCCCCCCCC(=O)ON1C(=O)c2ccc(C(=O)OCCCCCCCCCCCCOC(=O)c3ccc4c(c3)C(=O)N(OC(=O)CCCCCCCCCCCCCCCCC)C4=O)cc2C1=O. The molecule has 0 saturated heterocycles. The Morgan fingerprint density at radius 1 is 0.312 bits per heavy atom. The van der Waals surface area contributed by atoms with Crippen molar-refractivity contribution in [2.45, 2.75) is 284 Å². The lowest BCUT2D eigenvalue weighted by atomic mass is 10.0. The van der Waals surface area contributed by atoms with Crippen LogP contribution in [0.1, 0.15) is 346 Å². The van der Waals surface area contributed by atoms with Gasteiger partial charge in [-0.15, -0.1) is 0 Å². The zero-order valence-electron chi connectivity index (χ0n) is 49.4. The minimum absolute atomic E-state index is 0.00796. The highest BCUT2D eigenvalue weighted by molar-refractivity contribution is 6.22. The van der Waals surface area contributed by atoms with Gasteiger partial charge in [0.2, 0.25) is 0 Å². The number of fused-ring (bicyclic) bond motifs is 2. The quantitative estimate of drug-likeness (QED) is 0.0348. The molecule has 0 spiro atoms. The normalized spacial score (nSPS) is 12.8. The summed E-state index contributed by atoms with van der Waals surface area (Å²) in [6.07, 6.45) is 46.0. The van der Waals surface area contributed by atoms with E-state index in [4.69, 9.17) is 19.1 Å². The van der Waals surface area contributed by atoms with Gasteiger partial charge >= 0.3 is 23.9 Å². The summed E-state index contributed by atoms with van der Waals surface area (Å²) in [6, 6.07) is 8.34. The number of hydroxylamine groups is 4. The molecule has 14 nitrogen and oxygen atoms in total. The molecule has 0 aliphatic carbocycles. The number of unbranched alkanes of at least 4 members (excludes halogenated alkanes) is 37.